The molecule has 0 fully saturated rings. The molecule has 0 aliphatic rings. The van der Waals surface area contributed by atoms with Gasteiger partial charge in [0.05, 0.1) is 18.1 Å². The Morgan fingerprint density at radius 2 is 2.19 bits per heavy atom. The third kappa shape index (κ3) is 3.84. The van der Waals surface area contributed by atoms with Crippen LogP contribution in [0.2, 0.25) is 0 Å². The molecular formula is C10H18N2O3S. The Labute approximate surface area is 96.3 Å². The summed E-state index contributed by atoms with van der Waals surface area (Å²) in [7, 11) is -2.95. The van der Waals surface area contributed by atoms with Crippen LogP contribution in [-0.4, -0.2) is 36.3 Å². The molecule has 16 heavy (non-hydrogen) atoms. The summed E-state index contributed by atoms with van der Waals surface area (Å²) in [6, 6.07) is 0.275. The molecule has 0 saturated heterocycles. The summed E-state index contributed by atoms with van der Waals surface area (Å²) in [6.45, 7) is 5.84. The molecule has 0 N–H and O–H groups in total. The third-order valence-corrected chi connectivity index (χ3v) is 3.88. The lowest BCUT2D eigenvalue weighted by molar-refractivity contribution is 0.340. The molecule has 0 bridgehead atoms. The van der Waals surface area contributed by atoms with E-state index in [0.717, 1.165) is 0 Å². The zero-order valence-electron chi connectivity index (χ0n) is 9.88. The highest BCUT2D eigenvalue weighted by Gasteiger charge is 2.08. The molecule has 0 aromatic carbocycles. The van der Waals surface area contributed by atoms with Crippen molar-refractivity contribution < 1.29 is 13.2 Å². The monoisotopic (exact) mass is 246 g/mol. The number of rotatable bonds is 6. The van der Waals surface area contributed by atoms with Gasteiger partial charge in [0.25, 0.3) is 0 Å². The molecule has 0 radical (unpaired) electrons. The first-order valence-corrected chi connectivity index (χ1v) is 7.14. The van der Waals surface area contributed by atoms with Gasteiger partial charge in [-0.05, 0) is 13.8 Å². The van der Waals surface area contributed by atoms with Crippen molar-refractivity contribution in [2.45, 2.75) is 26.8 Å². The van der Waals surface area contributed by atoms with Crippen molar-refractivity contribution in [3.63, 3.8) is 0 Å². The fourth-order valence-corrected chi connectivity index (χ4v) is 1.73. The smallest absolute Gasteiger partial charge is 0.157 e. The second-order valence-electron chi connectivity index (χ2n) is 3.83. The van der Waals surface area contributed by atoms with Crippen molar-refractivity contribution in [1.29, 1.82) is 0 Å². The first kappa shape index (κ1) is 13.0. The Kier molecular flexibility index (Phi) is 4.35. The summed E-state index contributed by atoms with van der Waals surface area (Å²) in [5.41, 5.74) is 0. The van der Waals surface area contributed by atoms with E-state index in [1.165, 1.54) is 0 Å². The molecule has 0 atom stereocenters. The lowest BCUT2D eigenvalue weighted by Gasteiger charge is -2.04. The molecular weight excluding hydrogens is 228 g/mol. The first-order valence-electron chi connectivity index (χ1n) is 5.32. The zero-order valence-corrected chi connectivity index (χ0v) is 10.7. The van der Waals surface area contributed by atoms with E-state index in [0.29, 0.717) is 5.75 Å². The van der Waals surface area contributed by atoms with Gasteiger partial charge in [0.1, 0.15) is 6.61 Å². The first-order chi connectivity index (χ1) is 7.44. The fourth-order valence-electron chi connectivity index (χ4n) is 1.11. The van der Waals surface area contributed by atoms with Crippen LogP contribution >= 0.6 is 0 Å². The molecule has 0 aliphatic heterocycles. The van der Waals surface area contributed by atoms with Gasteiger partial charge < -0.3 is 4.74 Å². The maximum absolute atomic E-state index is 11.2. The Hall–Kier alpha value is -1.04. The predicted octanol–water partition coefficient (Wildman–Crippen LogP) is 1.28. The van der Waals surface area contributed by atoms with E-state index in [9.17, 15) is 8.42 Å². The van der Waals surface area contributed by atoms with Gasteiger partial charge in [-0.15, -0.1) is 0 Å². The number of hydrogen-bond acceptors (Lipinski definition) is 4. The van der Waals surface area contributed by atoms with Crippen LogP contribution < -0.4 is 4.74 Å². The summed E-state index contributed by atoms with van der Waals surface area (Å²) >= 11 is 0. The highest BCUT2D eigenvalue weighted by atomic mass is 32.2. The van der Waals surface area contributed by atoms with E-state index in [1.807, 2.05) is 13.8 Å². The van der Waals surface area contributed by atoms with Crippen LogP contribution in [0.25, 0.3) is 0 Å². The highest BCUT2D eigenvalue weighted by Crippen LogP contribution is 2.12. The Bertz CT molecular complexity index is 423. The molecule has 0 saturated carbocycles. The maximum Gasteiger partial charge on any atom is 0.157 e. The number of aromatic nitrogens is 2. The van der Waals surface area contributed by atoms with E-state index in [4.69, 9.17) is 4.74 Å². The molecule has 0 spiro atoms. The fraction of sp³-hybridized carbons (Fsp3) is 0.700. The molecule has 5 nitrogen and oxygen atoms in total. The van der Waals surface area contributed by atoms with Gasteiger partial charge in [0.2, 0.25) is 0 Å². The van der Waals surface area contributed by atoms with E-state index in [1.54, 1.807) is 24.0 Å². The molecule has 92 valence electrons. The van der Waals surface area contributed by atoms with E-state index in [2.05, 4.69) is 5.10 Å². The van der Waals surface area contributed by atoms with Crippen molar-refractivity contribution in [2.75, 3.05) is 18.1 Å². The number of nitrogens with zero attached hydrogens (tertiary/aromatic N) is 2. The molecule has 1 aromatic heterocycles. The lowest BCUT2D eigenvalue weighted by atomic mass is 10.4. The van der Waals surface area contributed by atoms with Crippen LogP contribution in [-0.2, 0) is 9.84 Å². The molecule has 6 heteroatoms. The van der Waals surface area contributed by atoms with E-state index < -0.39 is 9.84 Å². The Balaban J connectivity index is 2.43. The van der Waals surface area contributed by atoms with Crippen molar-refractivity contribution in [2.24, 2.45) is 0 Å². The SMILES string of the molecule is CCS(=O)(=O)CCOc1cnn(C(C)C)c1. The average molecular weight is 246 g/mol. The van der Waals surface area contributed by atoms with Crippen LogP contribution in [0.1, 0.15) is 26.8 Å². The van der Waals surface area contributed by atoms with E-state index in [-0.39, 0.29) is 24.2 Å². The van der Waals surface area contributed by atoms with Gasteiger partial charge in [-0.3, -0.25) is 4.68 Å². The van der Waals surface area contributed by atoms with Gasteiger partial charge in [-0.2, -0.15) is 5.10 Å². The minimum absolute atomic E-state index is 0.0519. The number of ether oxygens (including phenoxy) is 1. The summed E-state index contributed by atoms with van der Waals surface area (Å²) in [5, 5.41) is 4.09. The minimum atomic E-state index is -2.95. The quantitative estimate of drug-likeness (QED) is 0.758. The van der Waals surface area contributed by atoms with E-state index >= 15 is 0 Å². The molecule has 0 aliphatic carbocycles. The molecule has 1 heterocycles. The third-order valence-electron chi connectivity index (χ3n) is 2.21. The predicted molar refractivity (Wildman–Crippen MR) is 62.4 cm³/mol. The van der Waals surface area contributed by atoms with Crippen LogP contribution in [0.5, 0.6) is 5.75 Å². The topological polar surface area (TPSA) is 61.2 Å². The van der Waals surface area contributed by atoms with Crippen LogP contribution in [0.15, 0.2) is 12.4 Å². The second kappa shape index (κ2) is 5.34. The van der Waals surface area contributed by atoms with Crippen molar-refractivity contribution >= 4 is 9.84 Å². The molecule has 1 aromatic rings. The molecule has 1 rings (SSSR count). The summed E-state index contributed by atoms with van der Waals surface area (Å²) in [5.74, 6) is 0.817. The molecule has 0 unspecified atom stereocenters. The average Bonchev–Trinajstić information content (AvgIpc) is 2.66. The second-order valence-corrected chi connectivity index (χ2v) is 6.31. The van der Waals surface area contributed by atoms with Gasteiger partial charge >= 0.3 is 0 Å². The van der Waals surface area contributed by atoms with Crippen LogP contribution in [0.4, 0.5) is 0 Å². The maximum atomic E-state index is 11.2. The van der Waals surface area contributed by atoms with Crippen molar-refractivity contribution in [1.82, 2.24) is 9.78 Å². The number of sulfone groups is 1. The summed E-state index contributed by atoms with van der Waals surface area (Å²) < 4.78 is 29.5. The van der Waals surface area contributed by atoms with Crippen LogP contribution in [0.3, 0.4) is 0 Å². The van der Waals surface area contributed by atoms with Gasteiger partial charge in [0.15, 0.2) is 15.6 Å². The largest absolute Gasteiger partial charge is 0.489 e. The summed E-state index contributed by atoms with van der Waals surface area (Å²) in [4.78, 5) is 0. The van der Waals surface area contributed by atoms with Gasteiger partial charge in [-0.25, -0.2) is 8.42 Å². The van der Waals surface area contributed by atoms with Gasteiger partial charge in [0, 0.05) is 11.8 Å². The van der Waals surface area contributed by atoms with Gasteiger partial charge in [-0.1, -0.05) is 6.92 Å². The van der Waals surface area contributed by atoms with Crippen LogP contribution in [0, 0.1) is 0 Å². The molecule has 0 amide bonds. The Morgan fingerprint density at radius 1 is 1.50 bits per heavy atom. The highest BCUT2D eigenvalue weighted by molar-refractivity contribution is 7.91. The van der Waals surface area contributed by atoms with Crippen molar-refractivity contribution in [3.8, 4) is 5.75 Å². The standard InChI is InChI=1S/C10H18N2O3S/c1-4-16(13,14)6-5-15-10-7-11-12(8-10)9(2)3/h7-9H,4-6H2,1-3H3. The zero-order chi connectivity index (χ0) is 12.2. The minimum Gasteiger partial charge on any atom is -0.489 e. The summed E-state index contributed by atoms with van der Waals surface area (Å²) in [6.07, 6.45) is 3.36. The lowest BCUT2D eigenvalue weighted by Crippen LogP contribution is -2.15. The Morgan fingerprint density at radius 3 is 2.69 bits per heavy atom. The normalized spacial score (nSPS) is 12.0. The van der Waals surface area contributed by atoms with Crippen molar-refractivity contribution in [3.05, 3.63) is 12.4 Å². The number of hydrogen-bond donors (Lipinski definition) is 0.